The van der Waals surface area contributed by atoms with Gasteiger partial charge in [0.25, 0.3) is 12.9 Å². The van der Waals surface area contributed by atoms with Gasteiger partial charge in [-0.25, -0.2) is 39.0 Å². The fourth-order valence-electron chi connectivity index (χ4n) is 15.1. The van der Waals surface area contributed by atoms with Crippen LogP contribution in [0, 0.1) is 24.7 Å². The summed E-state index contributed by atoms with van der Waals surface area (Å²) in [5, 5.41) is 48.6. The summed E-state index contributed by atoms with van der Waals surface area (Å²) < 4.78 is 72.1. The number of nitrogen functional groups attached to an aromatic ring is 2. The Morgan fingerprint density at radius 3 is 1.31 bits per heavy atom. The van der Waals surface area contributed by atoms with E-state index in [1.807, 2.05) is 69.6 Å². The molecule has 0 bridgehead atoms. The zero-order valence-electron chi connectivity index (χ0n) is 71.7. The normalized spacial score (nSPS) is 18.1. The van der Waals surface area contributed by atoms with Crippen LogP contribution in [-0.4, -0.2) is 223 Å². The number of halogens is 6. The number of anilines is 2. The quantitative estimate of drug-likeness (QED) is 0.0280. The Morgan fingerprint density at radius 1 is 0.554 bits per heavy atom. The van der Waals surface area contributed by atoms with Gasteiger partial charge in [0.1, 0.15) is 71.6 Å². The number of aromatic nitrogens is 17. The van der Waals surface area contributed by atoms with Gasteiger partial charge in [-0.15, -0.1) is 15.3 Å². The van der Waals surface area contributed by atoms with Crippen molar-refractivity contribution in [2.75, 3.05) is 109 Å². The molecule has 7 fully saturated rings. The first-order valence-corrected chi connectivity index (χ1v) is 41.0. The SMILES string of the molecule is BrCC1CCOCC1.CC1(C)OB(c2cnc(N)c(C(F)(F)F)c2)OC1(C)C.Cc1cc(-c2ccc3ncc4nnn(C5CCN(CC6CCOCC6)CC5)c4c3n2)cnc1N.Clc1ccc2ncc3nnn(C4CCN(CC5CCOCC5)CC4)c3c2n1.Clc1ccc2ncc3nnn(C4CCNCC4)c3c2n1.O=CO[O-].O=CO[O-].[H-].[H-].[K+].[K+].[Na+].[Na+]. The third-order valence-corrected chi connectivity index (χ3v) is 23.7. The number of hydrogen-bond donors (Lipinski definition) is 3. The van der Waals surface area contributed by atoms with E-state index in [-0.39, 0.29) is 183 Å². The molecule has 11 aromatic rings. The Morgan fingerprint density at radius 2 is 0.934 bits per heavy atom. The molecule has 7 saturated heterocycles. The Labute approximate surface area is 848 Å². The molecule has 44 heteroatoms. The maximum absolute atomic E-state index is 12.8. The van der Waals surface area contributed by atoms with Crippen molar-refractivity contribution in [2.24, 2.45) is 17.8 Å². The van der Waals surface area contributed by atoms with Gasteiger partial charge in [0.05, 0.1) is 75.7 Å². The van der Waals surface area contributed by atoms with Crippen molar-refractivity contribution in [1.29, 1.82) is 0 Å². The zero-order valence-corrected chi connectivity index (χ0v) is 83.0. The number of fused-ring (bicyclic) bond motifs is 9. The predicted molar refractivity (Wildman–Crippen MR) is 435 cm³/mol. The second-order valence-electron chi connectivity index (χ2n) is 30.6. The van der Waals surface area contributed by atoms with E-state index in [1.54, 1.807) is 36.9 Å². The molecule has 0 aromatic carbocycles. The number of piperidine rings is 3. The maximum Gasteiger partial charge on any atom is 1.00 e. The summed E-state index contributed by atoms with van der Waals surface area (Å²) in [6, 6.07) is 15.2. The Kier molecular flexibility index (Phi) is 42.0. The van der Waals surface area contributed by atoms with E-state index in [9.17, 15) is 13.2 Å². The number of ether oxygens (including phenoxy) is 3. The molecular weight excluding hydrogens is 1750 g/mol. The van der Waals surface area contributed by atoms with Crippen LogP contribution in [0.3, 0.4) is 0 Å². The topological polar surface area (TPSA) is 411 Å². The molecule has 0 amide bonds. The minimum absolute atomic E-state index is 0. The molecule has 0 saturated carbocycles. The summed E-state index contributed by atoms with van der Waals surface area (Å²) in [5.41, 5.74) is 21.9. The van der Waals surface area contributed by atoms with E-state index in [2.05, 4.69) is 116 Å². The van der Waals surface area contributed by atoms with E-state index in [1.165, 1.54) is 57.8 Å². The number of aryl methyl sites for hydroxylation is 1. The Balaban J connectivity index is 0.000000239. The monoisotopic (exact) mass is 1850 g/mol. The molecular formula is C77H97BBrCl2F3K2N22Na2O11. The maximum atomic E-state index is 12.8. The molecule has 33 nitrogen and oxygen atoms in total. The molecule has 11 aromatic heterocycles. The van der Waals surface area contributed by atoms with Crippen LogP contribution in [0.4, 0.5) is 24.8 Å². The fourth-order valence-corrected chi connectivity index (χ4v) is 16.1. The van der Waals surface area contributed by atoms with Gasteiger partial charge in [0, 0.05) is 108 Å². The fraction of sp³-hybridized carbons (Fsp3) is 0.532. The van der Waals surface area contributed by atoms with Gasteiger partial charge in [-0.2, -0.15) is 13.2 Å². The minimum atomic E-state index is -4.56. The molecule has 7 aliphatic rings. The number of hydrogen-bond acceptors (Lipinski definition) is 30. The van der Waals surface area contributed by atoms with E-state index in [0.29, 0.717) is 34.2 Å². The summed E-state index contributed by atoms with van der Waals surface area (Å²) in [6.45, 7) is 23.2. The van der Waals surface area contributed by atoms with Crippen molar-refractivity contribution in [3.63, 3.8) is 0 Å². The number of nitrogens with two attached hydrogens (primary N) is 2. The van der Waals surface area contributed by atoms with Gasteiger partial charge in [-0.1, -0.05) is 54.8 Å². The second kappa shape index (κ2) is 49.3. The standard InChI is InChI=1S/C25H30N8O.C19H23ClN6O.C13H13ClN6.C12H16BF3N2O2.C6H11BrO.2CH2O3.2K.2Na.2H/c1-16-12-18(13-28-25(16)26)20-2-3-21-23(29-20)24-22(14-27-21)30-31-33(24)19-4-8-32(9-5-19)15-17-6-10-34-11-7-17;20-17-2-1-15-18(22-17)19-16(11-21-15)23-24-26(19)14-3-7-25(8-4-14)12-13-5-9-27-10-6-13;14-11-2-1-9-12(17-11)13-10(7-16-9)18-19-20(13)8-3-5-15-6-4-8;1-10(2)11(3,4)20-13(19-10)7-5-8(12(14,15)16)9(17)18-6-7;7-5-6-1-3-8-4-2-6;2*2-1-4-3;;;;;;/h2-3,12-14,17,19H,4-11,15H2,1H3,(H2,26,28);1-2,11,13-14H,3-10,12H2;1-2,7-8,15H,3-6H2;5-6H,1-4H3,(H2,17,18);6H,1-5H2;2*1,3H;;;;;;/q;;;;;;;4*+1;2*-1/p-2. The number of likely N-dealkylation sites (tertiary alicyclic amines) is 2. The molecule has 0 radical (unpaired) electrons. The molecule has 630 valence electrons. The molecule has 0 unspecified atom stereocenters. The minimum Gasteiger partial charge on any atom is -1.00 e. The first-order valence-electron chi connectivity index (χ1n) is 39.1. The smallest absolute Gasteiger partial charge is 1.00 e. The van der Waals surface area contributed by atoms with Crippen molar-refractivity contribution in [3.8, 4) is 11.3 Å². The number of carbonyl (C=O) groups is 2. The van der Waals surface area contributed by atoms with E-state index in [4.69, 9.17) is 83.3 Å². The molecule has 18 heterocycles. The van der Waals surface area contributed by atoms with E-state index >= 15 is 0 Å². The first-order chi connectivity index (χ1) is 56.5. The number of pyridine rings is 8. The largest absolute Gasteiger partial charge is 1.00 e. The van der Waals surface area contributed by atoms with E-state index < -0.39 is 35.9 Å². The molecule has 7 aliphatic heterocycles. The van der Waals surface area contributed by atoms with Gasteiger partial charge in [-0.3, -0.25) is 24.5 Å². The average Bonchev–Trinajstić information content (AvgIpc) is 1.65. The number of rotatable bonds is 12. The molecule has 121 heavy (non-hydrogen) atoms. The van der Waals surface area contributed by atoms with Crippen LogP contribution in [0.15, 0.2) is 79.5 Å². The van der Waals surface area contributed by atoms with Gasteiger partial charge in [0.2, 0.25) is 0 Å². The molecule has 5 N–H and O–H groups in total. The zero-order chi connectivity index (χ0) is 82.8. The van der Waals surface area contributed by atoms with Crippen LogP contribution in [0.5, 0.6) is 0 Å². The van der Waals surface area contributed by atoms with Crippen molar-refractivity contribution >= 4 is 142 Å². The van der Waals surface area contributed by atoms with Crippen LogP contribution in [0.1, 0.15) is 137 Å². The third-order valence-electron chi connectivity index (χ3n) is 22.4. The summed E-state index contributed by atoms with van der Waals surface area (Å²) in [4.78, 5) is 62.9. The van der Waals surface area contributed by atoms with Crippen LogP contribution in [-0.2, 0) is 49.1 Å². The summed E-state index contributed by atoms with van der Waals surface area (Å²) in [5.74, 6) is 2.41. The molecule has 18 rings (SSSR count). The summed E-state index contributed by atoms with van der Waals surface area (Å²) in [7, 11) is -0.894. The van der Waals surface area contributed by atoms with Gasteiger partial charge < -0.3 is 73.2 Å². The van der Waals surface area contributed by atoms with Gasteiger partial charge in [-0.05, 0) is 197 Å². The number of carbonyl (C=O) groups excluding carboxylic acids is 2. The average molecular weight is 1850 g/mol. The first kappa shape index (κ1) is 103. The van der Waals surface area contributed by atoms with Crippen LogP contribution in [0.2, 0.25) is 10.3 Å². The second-order valence-corrected chi connectivity index (χ2v) is 32.0. The Bertz CT molecular complexity index is 5120. The van der Waals surface area contributed by atoms with Crippen molar-refractivity contribution < 1.29 is 231 Å². The summed E-state index contributed by atoms with van der Waals surface area (Å²) >= 11 is 15.6. The Hall–Kier alpha value is -3.49. The van der Waals surface area contributed by atoms with Gasteiger partial charge >= 0.3 is 175 Å². The third kappa shape index (κ3) is 27.3. The molecule has 0 atom stereocenters. The van der Waals surface area contributed by atoms with Crippen LogP contribution in [0.25, 0.3) is 77.5 Å². The number of nitrogens with one attached hydrogen (secondary N) is 1. The van der Waals surface area contributed by atoms with Crippen LogP contribution >= 0.6 is 39.1 Å². The van der Waals surface area contributed by atoms with Crippen molar-refractivity contribution in [2.45, 2.75) is 147 Å². The predicted octanol–water partition coefficient (Wildman–Crippen LogP) is -2.67. The van der Waals surface area contributed by atoms with Crippen molar-refractivity contribution in [1.82, 2.24) is 100.0 Å². The number of alkyl halides is 4. The number of nitrogens with zero attached hydrogens (tertiary/aromatic N) is 19. The molecule has 0 aliphatic carbocycles. The molecule has 0 spiro atoms. The van der Waals surface area contributed by atoms with Crippen LogP contribution < -0.4 is 195 Å². The van der Waals surface area contributed by atoms with E-state index in [0.717, 1.165) is 230 Å². The van der Waals surface area contributed by atoms with Gasteiger partial charge in [0.15, 0.2) is 0 Å². The summed E-state index contributed by atoms with van der Waals surface area (Å²) in [6.07, 6.45) is 17.4. The van der Waals surface area contributed by atoms with Crippen molar-refractivity contribution in [3.05, 3.63) is 101 Å².